The zero-order valence-electron chi connectivity index (χ0n) is 11.9. The maximum atomic E-state index is 12.3. The number of anilines is 2. The third-order valence-electron chi connectivity index (χ3n) is 3.10. The first-order valence-electron chi connectivity index (χ1n) is 6.60. The minimum absolute atomic E-state index is 0.0340. The van der Waals surface area contributed by atoms with E-state index < -0.39 is 0 Å². The summed E-state index contributed by atoms with van der Waals surface area (Å²) in [5.74, 6) is -0.123. The minimum Gasteiger partial charge on any atom is -0.399 e. The molecule has 1 amide bonds. The first-order valence-corrected chi connectivity index (χ1v) is 6.60. The van der Waals surface area contributed by atoms with Crippen molar-refractivity contribution in [3.63, 3.8) is 0 Å². The number of nitrogens with zero attached hydrogens (tertiary/aromatic N) is 4. The summed E-state index contributed by atoms with van der Waals surface area (Å²) >= 11 is 0. The van der Waals surface area contributed by atoms with Crippen LogP contribution in [0.25, 0.3) is 10.9 Å². The van der Waals surface area contributed by atoms with Gasteiger partial charge in [0.25, 0.3) is 5.91 Å². The summed E-state index contributed by atoms with van der Waals surface area (Å²) in [5, 5.41) is 11.4. The van der Waals surface area contributed by atoms with E-state index >= 15 is 0 Å². The molecule has 0 radical (unpaired) electrons. The van der Waals surface area contributed by atoms with Crippen molar-refractivity contribution in [2.75, 3.05) is 11.1 Å². The Morgan fingerprint density at radius 1 is 1.32 bits per heavy atom. The molecule has 3 N–H and O–H groups in total. The average Bonchev–Trinajstić information content (AvgIpc) is 3.04. The highest BCUT2D eigenvalue weighted by atomic mass is 16.2. The van der Waals surface area contributed by atoms with Crippen molar-refractivity contribution >= 4 is 34.2 Å². The molecule has 0 spiro atoms. The predicted octanol–water partition coefficient (Wildman–Crippen LogP) is 1.11. The van der Waals surface area contributed by atoms with E-state index in [1.807, 2.05) is 6.07 Å². The Bertz CT molecular complexity index is 863. The number of carbonyl (C=O) groups excluding carboxylic acids is 2. The molecule has 8 heteroatoms. The van der Waals surface area contributed by atoms with E-state index in [4.69, 9.17) is 5.73 Å². The van der Waals surface area contributed by atoms with Crippen LogP contribution in [0.5, 0.6) is 0 Å². The lowest BCUT2D eigenvalue weighted by atomic mass is 10.2. The quantitative estimate of drug-likeness (QED) is 0.704. The fraction of sp³-hybridized carbons (Fsp3) is 0.143. The van der Waals surface area contributed by atoms with Crippen LogP contribution in [-0.2, 0) is 11.3 Å². The lowest BCUT2D eigenvalue weighted by Crippen LogP contribution is -2.19. The number of amides is 1. The molecule has 0 atom stereocenters. The van der Waals surface area contributed by atoms with Crippen LogP contribution >= 0.6 is 0 Å². The molecule has 0 aliphatic carbocycles. The maximum absolute atomic E-state index is 12.3. The van der Waals surface area contributed by atoms with Crippen molar-refractivity contribution in [1.82, 2.24) is 19.6 Å². The predicted molar refractivity (Wildman–Crippen MR) is 81.3 cm³/mol. The van der Waals surface area contributed by atoms with Crippen molar-refractivity contribution in [2.45, 2.75) is 13.5 Å². The van der Waals surface area contributed by atoms with E-state index in [2.05, 4.69) is 15.5 Å². The second-order valence-corrected chi connectivity index (χ2v) is 4.84. The van der Waals surface area contributed by atoms with E-state index in [1.165, 1.54) is 22.5 Å². The molecule has 112 valence electrons. The Kier molecular flexibility index (Phi) is 3.34. The van der Waals surface area contributed by atoms with Gasteiger partial charge in [0.1, 0.15) is 6.54 Å². The smallest absolute Gasteiger partial charge is 0.254 e. The highest BCUT2D eigenvalue weighted by Gasteiger charge is 2.12. The molecule has 2 heterocycles. The first-order chi connectivity index (χ1) is 10.5. The van der Waals surface area contributed by atoms with Gasteiger partial charge in [-0.2, -0.15) is 9.90 Å². The molecule has 0 unspecified atom stereocenters. The van der Waals surface area contributed by atoms with Crippen LogP contribution in [-0.4, -0.2) is 31.4 Å². The van der Waals surface area contributed by atoms with Gasteiger partial charge in [-0.05, 0) is 24.3 Å². The molecular formula is C14H14N6O2. The lowest BCUT2D eigenvalue weighted by Gasteiger charge is -2.04. The van der Waals surface area contributed by atoms with Crippen LogP contribution in [0.15, 0.2) is 36.7 Å². The molecular weight excluding hydrogens is 284 g/mol. The van der Waals surface area contributed by atoms with Gasteiger partial charge in [-0.1, -0.05) is 0 Å². The molecule has 0 saturated heterocycles. The Hall–Kier alpha value is -3.16. The number of nitrogen functional groups attached to an aromatic ring is 1. The number of fused-ring (bicyclic) bond motifs is 1. The summed E-state index contributed by atoms with van der Waals surface area (Å²) in [4.78, 5) is 24.5. The number of nitrogens with one attached hydrogen (secondary N) is 1. The number of hydrogen-bond donors (Lipinski definition) is 2. The van der Waals surface area contributed by atoms with Gasteiger partial charge in [-0.25, -0.2) is 0 Å². The van der Waals surface area contributed by atoms with E-state index in [-0.39, 0.29) is 18.4 Å². The Balaban J connectivity index is 1.81. The molecule has 2 aromatic heterocycles. The minimum atomic E-state index is -0.243. The molecule has 1 aromatic carbocycles. The van der Waals surface area contributed by atoms with Crippen LogP contribution < -0.4 is 11.1 Å². The largest absolute Gasteiger partial charge is 0.399 e. The molecule has 0 bridgehead atoms. The summed E-state index contributed by atoms with van der Waals surface area (Å²) < 4.78 is 1.52. The summed E-state index contributed by atoms with van der Waals surface area (Å²) in [6, 6.07) is 7.16. The number of nitrogens with two attached hydrogens (primary N) is 1. The number of rotatable bonds is 3. The van der Waals surface area contributed by atoms with E-state index in [0.717, 1.165) is 10.9 Å². The molecule has 0 aliphatic heterocycles. The normalized spacial score (nSPS) is 10.8. The van der Waals surface area contributed by atoms with Gasteiger partial charge in [-0.3, -0.25) is 14.2 Å². The van der Waals surface area contributed by atoms with E-state index in [9.17, 15) is 9.59 Å². The number of hydrogen-bond acceptors (Lipinski definition) is 5. The highest BCUT2D eigenvalue weighted by Crippen LogP contribution is 2.18. The van der Waals surface area contributed by atoms with Gasteiger partial charge in [0.15, 0.2) is 5.82 Å². The van der Waals surface area contributed by atoms with Crippen molar-refractivity contribution in [2.24, 2.45) is 0 Å². The fourth-order valence-electron chi connectivity index (χ4n) is 2.19. The first kappa shape index (κ1) is 13.8. The van der Waals surface area contributed by atoms with Crippen LogP contribution in [0.2, 0.25) is 0 Å². The second-order valence-electron chi connectivity index (χ2n) is 4.84. The molecule has 22 heavy (non-hydrogen) atoms. The van der Waals surface area contributed by atoms with E-state index in [1.54, 1.807) is 24.4 Å². The lowest BCUT2D eigenvalue weighted by molar-refractivity contribution is -0.114. The molecule has 0 fully saturated rings. The summed E-state index contributed by atoms with van der Waals surface area (Å²) in [7, 11) is 0. The second kappa shape index (κ2) is 5.32. The van der Waals surface area contributed by atoms with Crippen molar-refractivity contribution in [3.05, 3.63) is 36.7 Å². The highest BCUT2D eigenvalue weighted by molar-refractivity contribution is 5.93. The van der Waals surface area contributed by atoms with Crippen LogP contribution in [0.4, 0.5) is 11.5 Å². The number of benzene rings is 1. The molecule has 0 saturated carbocycles. The fourth-order valence-corrected chi connectivity index (χ4v) is 2.19. The molecule has 3 rings (SSSR count). The SMILES string of the molecule is CC(=O)Nc1cnn(CC(=O)n2ccc3cc(N)ccc32)n1. The van der Waals surface area contributed by atoms with Gasteiger partial charge in [0.05, 0.1) is 11.7 Å². The van der Waals surface area contributed by atoms with Crippen LogP contribution in [0.3, 0.4) is 0 Å². The van der Waals surface area contributed by atoms with Gasteiger partial charge in [0.2, 0.25) is 5.91 Å². The summed E-state index contributed by atoms with van der Waals surface area (Å²) in [6.45, 7) is 1.34. The van der Waals surface area contributed by atoms with Gasteiger partial charge in [0, 0.05) is 24.2 Å². The van der Waals surface area contributed by atoms with Crippen molar-refractivity contribution < 1.29 is 9.59 Å². The summed E-state index contributed by atoms with van der Waals surface area (Å²) in [5.41, 5.74) is 7.14. The third-order valence-corrected chi connectivity index (χ3v) is 3.10. The van der Waals surface area contributed by atoms with E-state index in [0.29, 0.717) is 11.5 Å². The van der Waals surface area contributed by atoms with Crippen molar-refractivity contribution in [1.29, 1.82) is 0 Å². The van der Waals surface area contributed by atoms with Gasteiger partial charge in [-0.15, -0.1) is 5.10 Å². The topological polar surface area (TPSA) is 108 Å². The van der Waals surface area contributed by atoms with Gasteiger partial charge >= 0.3 is 0 Å². The Labute approximate surface area is 125 Å². The molecule has 8 nitrogen and oxygen atoms in total. The number of aromatic nitrogens is 4. The summed E-state index contributed by atoms with van der Waals surface area (Å²) in [6.07, 6.45) is 3.08. The standard InChI is InChI=1S/C14H14N6O2/c1-9(21)17-13-7-16-20(18-13)8-14(22)19-5-4-10-6-11(15)2-3-12(10)19/h2-7H,8,15H2,1H3,(H,17,18,21). The van der Waals surface area contributed by atoms with Crippen molar-refractivity contribution in [3.8, 4) is 0 Å². The average molecular weight is 298 g/mol. The monoisotopic (exact) mass is 298 g/mol. The molecule has 0 aliphatic rings. The zero-order valence-corrected chi connectivity index (χ0v) is 11.9. The zero-order chi connectivity index (χ0) is 15.7. The van der Waals surface area contributed by atoms with Gasteiger partial charge < -0.3 is 11.1 Å². The maximum Gasteiger partial charge on any atom is 0.254 e. The van der Waals surface area contributed by atoms with Crippen LogP contribution in [0, 0.1) is 0 Å². The van der Waals surface area contributed by atoms with Crippen LogP contribution in [0.1, 0.15) is 11.7 Å². The Morgan fingerprint density at radius 2 is 2.14 bits per heavy atom. The molecule has 3 aromatic rings. The third kappa shape index (κ3) is 2.66. The number of carbonyl (C=O) groups is 2. The Morgan fingerprint density at radius 3 is 2.91 bits per heavy atom.